The summed E-state index contributed by atoms with van der Waals surface area (Å²) in [5.41, 5.74) is 0. The second kappa shape index (κ2) is 7.02. The van der Waals surface area contributed by atoms with Crippen molar-refractivity contribution in [2.45, 2.75) is 45.1 Å². The van der Waals surface area contributed by atoms with E-state index in [2.05, 4.69) is 18.9 Å². The summed E-state index contributed by atoms with van der Waals surface area (Å²) >= 11 is 0. The first-order valence-electron chi connectivity index (χ1n) is 6.38. The van der Waals surface area contributed by atoms with Crippen LogP contribution in [0.1, 0.15) is 39.0 Å². The van der Waals surface area contributed by atoms with Crippen molar-refractivity contribution in [1.82, 2.24) is 4.90 Å². The van der Waals surface area contributed by atoms with Crippen LogP contribution in [0.25, 0.3) is 0 Å². The number of hydrogen-bond acceptors (Lipinski definition) is 3. The van der Waals surface area contributed by atoms with Crippen molar-refractivity contribution in [3.05, 3.63) is 0 Å². The molecule has 0 unspecified atom stereocenters. The van der Waals surface area contributed by atoms with Gasteiger partial charge < -0.3 is 4.74 Å². The van der Waals surface area contributed by atoms with E-state index in [1.54, 1.807) is 7.11 Å². The van der Waals surface area contributed by atoms with Crippen LogP contribution in [-0.4, -0.2) is 44.0 Å². The molecule has 0 N–H and O–H groups in total. The third-order valence-corrected chi connectivity index (χ3v) is 3.75. The van der Waals surface area contributed by atoms with Crippen LogP contribution < -0.4 is 0 Å². The van der Waals surface area contributed by atoms with E-state index in [1.807, 2.05) is 0 Å². The molecule has 0 amide bonds. The molecule has 1 fully saturated rings. The van der Waals surface area contributed by atoms with Gasteiger partial charge in [-0.3, -0.25) is 9.69 Å². The lowest BCUT2D eigenvalue weighted by molar-refractivity contribution is -0.124. The fourth-order valence-electron chi connectivity index (χ4n) is 2.61. The van der Waals surface area contributed by atoms with Gasteiger partial charge in [-0.2, -0.15) is 0 Å². The highest BCUT2D eigenvalue weighted by Gasteiger charge is 2.23. The van der Waals surface area contributed by atoms with E-state index >= 15 is 0 Å². The summed E-state index contributed by atoms with van der Waals surface area (Å²) in [6, 6.07) is 0.601. The van der Waals surface area contributed by atoms with Gasteiger partial charge in [0.05, 0.1) is 6.54 Å². The van der Waals surface area contributed by atoms with Gasteiger partial charge in [-0.25, -0.2) is 0 Å². The fourth-order valence-corrected chi connectivity index (χ4v) is 2.61. The van der Waals surface area contributed by atoms with Crippen LogP contribution in [0.3, 0.4) is 0 Å². The Labute approximate surface area is 99.1 Å². The molecule has 16 heavy (non-hydrogen) atoms. The quantitative estimate of drug-likeness (QED) is 0.696. The number of carbonyl (C=O) groups excluding carboxylic acids is 1. The van der Waals surface area contributed by atoms with Crippen LogP contribution in [0.15, 0.2) is 0 Å². The minimum absolute atomic E-state index is 0.183. The maximum absolute atomic E-state index is 11.4. The molecule has 3 heteroatoms. The first-order chi connectivity index (χ1) is 7.67. The second-order valence-electron chi connectivity index (χ2n) is 4.97. The molecule has 1 aliphatic rings. The molecule has 0 atom stereocenters. The lowest BCUT2D eigenvalue weighted by Crippen LogP contribution is -2.39. The van der Waals surface area contributed by atoms with Crippen molar-refractivity contribution in [3.8, 4) is 0 Å². The zero-order valence-electron chi connectivity index (χ0n) is 10.9. The van der Waals surface area contributed by atoms with E-state index in [1.165, 1.54) is 32.1 Å². The number of ether oxygens (including phenoxy) is 1. The highest BCUT2D eigenvalue weighted by Crippen LogP contribution is 2.28. The van der Waals surface area contributed by atoms with Gasteiger partial charge in [-0.05, 0) is 38.6 Å². The molecule has 0 radical (unpaired) electrons. The zero-order chi connectivity index (χ0) is 12.0. The number of likely N-dealkylation sites (N-methyl/N-ethyl adjacent to an activating group) is 1. The summed E-state index contributed by atoms with van der Waals surface area (Å²) in [4.78, 5) is 13.7. The molecule has 1 aliphatic carbocycles. The predicted molar refractivity (Wildman–Crippen MR) is 65.6 cm³/mol. The molecule has 1 rings (SSSR count). The second-order valence-corrected chi connectivity index (χ2v) is 4.97. The summed E-state index contributed by atoms with van der Waals surface area (Å²) in [6.07, 6.45) is 6.44. The van der Waals surface area contributed by atoms with Crippen molar-refractivity contribution in [3.63, 3.8) is 0 Å². The Bertz CT molecular complexity index is 210. The molecule has 0 aromatic rings. The molecule has 1 saturated carbocycles. The Morgan fingerprint density at radius 1 is 1.31 bits per heavy atom. The van der Waals surface area contributed by atoms with Gasteiger partial charge in [0, 0.05) is 13.2 Å². The van der Waals surface area contributed by atoms with E-state index in [0.29, 0.717) is 12.6 Å². The summed E-state index contributed by atoms with van der Waals surface area (Å²) in [5, 5.41) is 0. The van der Waals surface area contributed by atoms with E-state index in [4.69, 9.17) is 4.74 Å². The summed E-state index contributed by atoms with van der Waals surface area (Å²) in [7, 11) is 3.63. The number of nitrogens with zero attached hydrogens (tertiary/aromatic N) is 1. The van der Waals surface area contributed by atoms with Crippen molar-refractivity contribution in [2.75, 3.05) is 27.3 Å². The minimum Gasteiger partial charge on any atom is -0.377 e. The van der Waals surface area contributed by atoms with Gasteiger partial charge in [-0.1, -0.05) is 13.3 Å². The number of methoxy groups -OCH3 is 1. The zero-order valence-corrected chi connectivity index (χ0v) is 10.9. The molecular weight excluding hydrogens is 202 g/mol. The normalized spacial score (nSPS) is 26.0. The Morgan fingerprint density at radius 2 is 1.94 bits per heavy atom. The minimum atomic E-state index is 0.183. The number of rotatable bonds is 6. The average Bonchev–Trinajstić information content (AvgIpc) is 2.29. The largest absolute Gasteiger partial charge is 0.377 e. The molecule has 0 aliphatic heterocycles. The number of Topliss-reactive ketones (excluding diaryl/α,β-unsaturated/α-hetero) is 1. The number of hydrogen-bond donors (Lipinski definition) is 0. The summed E-state index contributed by atoms with van der Waals surface area (Å²) in [5.74, 6) is 1.10. The maximum Gasteiger partial charge on any atom is 0.172 e. The SMILES string of the molecule is CCC1CCC(N(C)CC(=O)COC)CC1. The first-order valence-corrected chi connectivity index (χ1v) is 6.38. The van der Waals surface area contributed by atoms with E-state index in [9.17, 15) is 4.79 Å². The average molecular weight is 227 g/mol. The van der Waals surface area contributed by atoms with Gasteiger partial charge >= 0.3 is 0 Å². The van der Waals surface area contributed by atoms with Crippen LogP contribution >= 0.6 is 0 Å². The molecular formula is C13H25NO2. The fraction of sp³-hybridized carbons (Fsp3) is 0.923. The Balaban J connectivity index is 2.27. The van der Waals surface area contributed by atoms with E-state index in [-0.39, 0.29) is 12.4 Å². The van der Waals surface area contributed by atoms with Crippen molar-refractivity contribution < 1.29 is 9.53 Å². The molecule has 0 aromatic heterocycles. The highest BCUT2D eigenvalue weighted by molar-refractivity contribution is 5.81. The molecule has 3 nitrogen and oxygen atoms in total. The number of carbonyl (C=O) groups is 1. The standard InChI is InChI=1S/C13H25NO2/c1-4-11-5-7-12(8-6-11)14(2)9-13(15)10-16-3/h11-12H,4-10H2,1-3H3. The van der Waals surface area contributed by atoms with Crippen molar-refractivity contribution in [2.24, 2.45) is 5.92 Å². The van der Waals surface area contributed by atoms with Gasteiger partial charge in [0.15, 0.2) is 5.78 Å². The monoisotopic (exact) mass is 227 g/mol. The lowest BCUT2D eigenvalue weighted by atomic mass is 9.84. The van der Waals surface area contributed by atoms with Gasteiger partial charge in [-0.15, -0.1) is 0 Å². The Kier molecular flexibility index (Phi) is 5.99. The van der Waals surface area contributed by atoms with Crippen LogP contribution in [0.2, 0.25) is 0 Å². The van der Waals surface area contributed by atoms with E-state index < -0.39 is 0 Å². The lowest BCUT2D eigenvalue weighted by Gasteiger charge is -2.34. The first kappa shape index (κ1) is 13.7. The molecule has 0 spiro atoms. The molecule has 0 heterocycles. The van der Waals surface area contributed by atoms with Gasteiger partial charge in [0.2, 0.25) is 0 Å². The summed E-state index contributed by atoms with van der Waals surface area (Å²) in [6.45, 7) is 3.06. The van der Waals surface area contributed by atoms with Crippen LogP contribution in [-0.2, 0) is 9.53 Å². The van der Waals surface area contributed by atoms with Crippen molar-refractivity contribution in [1.29, 1.82) is 0 Å². The number of ketones is 1. The van der Waals surface area contributed by atoms with Crippen molar-refractivity contribution >= 4 is 5.78 Å². The Morgan fingerprint density at radius 3 is 2.44 bits per heavy atom. The van der Waals surface area contributed by atoms with Crippen LogP contribution in [0.5, 0.6) is 0 Å². The molecule has 0 aromatic carbocycles. The summed E-state index contributed by atoms with van der Waals surface area (Å²) < 4.78 is 4.85. The third-order valence-electron chi connectivity index (χ3n) is 3.75. The third kappa shape index (κ3) is 4.22. The highest BCUT2D eigenvalue weighted by atomic mass is 16.5. The predicted octanol–water partition coefficient (Wildman–Crippen LogP) is 2.10. The van der Waals surface area contributed by atoms with Crippen LogP contribution in [0, 0.1) is 5.92 Å². The van der Waals surface area contributed by atoms with Crippen LogP contribution in [0.4, 0.5) is 0 Å². The smallest absolute Gasteiger partial charge is 0.172 e. The topological polar surface area (TPSA) is 29.5 Å². The van der Waals surface area contributed by atoms with E-state index in [0.717, 1.165) is 5.92 Å². The Hall–Kier alpha value is -0.410. The maximum atomic E-state index is 11.4. The van der Waals surface area contributed by atoms with Gasteiger partial charge in [0.25, 0.3) is 0 Å². The molecule has 0 saturated heterocycles. The van der Waals surface area contributed by atoms with Gasteiger partial charge in [0.1, 0.15) is 6.61 Å². The molecule has 0 bridgehead atoms. The molecule has 94 valence electrons.